The Morgan fingerprint density at radius 3 is 2.35 bits per heavy atom. The van der Waals surface area contributed by atoms with Gasteiger partial charge in [-0.15, -0.1) is 0 Å². The van der Waals surface area contributed by atoms with Crippen LogP contribution in [0.2, 0.25) is 0 Å². The van der Waals surface area contributed by atoms with Gasteiger partial charge in [-0.1, -0.05) is 12.1 Å². The number of hydrogen-bond donors (Lipinski definition) is 2. The first kappa shape index (κ1) is 17.3. The first-order valence-corrected chi connectivity index (χ1v) is 8.58. The van der Waals surface area contributed by atoms with E-state index in [1.165, 1.54) is 29.2 Å². The van der Waals surface area contributed by atoms with Gasteiger partial charge >= 0.3 is 5.97 Å². The quantitative estimate of drug-likeness (QED) is 0.527. The first-order chi connectivity index (χ1) is 10.7. The molecule has 1 heterocycles. The summed E-state index contributed by atoms with van der Waals surface area (Å²) in [6, 6.07) is 4.71. The maximum atomic E-state index is 11.6. The first-order valence-electron chi connectivity index (χ1n) is 6.75. The van der Waals surface area contributed by atoms with Gasteiger partial charge in [-0.05, 0) is 5.56 Å². The third-order valence-corrected chi connectivity index (χ3v) is 5.33. The Hall–Kier alpha value is -2.04. The minimum Gasteiger partial charge on any atom is -0.480 e. The second-order valence-electron chi connectivity index (χ2n) is 5.43. The Morgan fingerprint density at radius 1 is 1.30 bits per heavy atom. The predicted octanol–water partition coefficient (Wildman–Crippen LogP) is -0.361. The van der Waals surface area contributed by atoms with Gasteiger partial charge in [-0.2, -0.15) is 0 Å². The Kier molecular flexibility index (Phi) is 4.97. The number of nitro benzene ring substituents is 1. The van der Waals surface area contributed by atoms with Crippen molar-refractivity contribution in [1.29, 1.82) is 0 Å². The largest absolute Gasteiger partial charge is 0.480 e. The summed E-state index contributed by atoms with van der Waals surface area (Å²) >= 11 is 0. The van der Waals surface area contributed by atoms with Crippen LogP contribution in [0.15, 0.2) is 24.3 Å². The summed E-state index contributed by atoms with van der Waals surface area (Å²) in [6.07, 6.45) is -1.16. The third-order valence-electron chi connectivity index (χ3n) is 3.63. The lowest BCUT2D eigenvalue weighted by Gasteiger charge is -2.28. The molecular formula is C13H16N2O7S. The van der Waals surface area contributed by atoms with Crippen LogP contribution >= 0.6 is 0 Å². The number of aliphatic carboxylic acids is 1. The Labute approximate surface area is 132 Å². The van der Waals surface area contributed by atoms with E-state index in [0.717, 1.165) is 0 Å². The topological polar surface area (TPSA) is 138 Å². The molecule has 2 rings (SSSR count). The van der Waals surface area contributed by atoms with Crippen molar-refractivity contribution < 1.29 is 28.3 Å². The molecule has 0 radical (unpaired) electrons. The van der Waals surface area contributed by atoms with Crippen molar-refractivity contribution in [1.82, 2.24) is 4.90 Å². The van der Waals surface area contributed by atoms with Crippen molar-refractivity contribution in [2.24, 2.45) is 0 Å². The van der Waals surface area contributed by atoms with Crippen LogP contribution in [0.5, 0.6) is 0 Å². The van der Waals surface area contributed by atoms with Crippen molar-refractivity contribution in [3.05, 3.63) is 39.9 Å². The van der Waals surface area contributed by atoms with E-state index in [1.54, 1.807) is 0 Å². The highest BCUT2D eigenvalue weighted by Crippen LogP contribution is 2.21. The highest BCUT2D eigenvalue weighted by molar-refractivity contribution is 7.91. The summed E-state index contributed by atoms with van der Waals surface area (Å²) in [4.78, 5) is 22.4. The molecule has 126 valence electrons. The van der Waals surface area contributed by atoms with Gasteiger partial charge in [0.05, 0.1) is 35.1 Å². The van der Waals surface area contributed by atoms with E-state index in [9.17, 15) is 28.4 Å². The van der Waals surface area contributed by atoms with Gasteiger partial charge in [-0.25, -0.2) is 8.42 Å². The maximum absolute atomic E-state index is 11.6. The SMILES string of the molecule is O=C(O)CN(Cc1ccc([N+](=O)[O-])cc1)[C@H]1CS(=O)(=O)C[C@H]1O. The number of carboxylic acid groups (broad SMARTS) is 1. The standard InChI is InChI=1S/C13H16N2O7S/c16-12-8-23(21,22)7-11(12)14(6-13(17)18)5-9-1-3-10(4-2-9)15(19)20/h1-4,11-12,16H,5-8H2,(H,17,18)/t11-,12+/m0/s1. The minimum atomic E-state index is -3.41. The van der Waals surface area contributed by atoms with E-state index < -0.39 is 45.2 Å². The van der Waals surface area contributed by atoms with E-state index >= 15 is 0 Å². The van der Waals surface area contributed by atoms with Crippen molar-refractivity contribution >= 4 is 21.5 Å². The molecule has 1 aliphatic heterocycles. The number of sulfone groups is 1. The van der Waals surface area contributed by atoms with Crippen molar-refractivity contribution in [2.45, 2.75) is 18.7 Å². The number of carbonyl (C=O) groups is 1. The van der Waals surface area contributed by atoms with Gasteiger partial charge in [-0.3, -0.25) is 19.8 Å². The van der Waals surface area contributed by atoms with Gasteiger partial charge in [0.15, 0.2) is 9.84 Å². The molecule has 2 atom stereocenters. The summed E-state index contributed by atoms with van der Waals surface area (Å²) < 4.78 is 23.2. The molecule has 0 amide bonds. The Bertz CT molecular complexity index is 702. The second kappa shape index (κ2) is 6.60. The van der Waals surface area contributed by atoms with Crippen LogP contribution in [-0.2, 0) is 21.2 Å². The number of aliphatic hydroxyl groups is 1. The Morgan fingerprint density at radius 2 is 1.91 bits per heavy atom. The van der Waals surface area contributed by atoms with E-state index in [1.807, 2.05) is 0 Å². The summed E-state index contributed by atoms with van der Waals surface area (Å²) in [5, 5.41) is 29.5. The molecule has 0 saturated carbocycles. The highest BCUT2D eigenvalue weighted by Gasteiger charge is 2.40. The molecule has 2 N–H and O–H groups in total. The molecular weight excluding hydrogens is 328 g/mol. The van der Waals surface area contributed by atoms with Gasteiger partial charge in [0.25, 0.3) is 5.69 Å². The predicted molar refractivity (Wildman–Crippen MR) is 79.6 cm³/mol. The lowest BCUT2D eigenvalue weighted by Crippen LogP contribution is -2.45. The zero-order chi connectivity index (χ0) is 17.2. The number of nitrogens with zero attached hydrogens (tertiary/aromatic N) is 2. The average molecular weight is 344 g/mol. The molecule has 1 aromatic rings. The molecule has 10 heteroatoms. The van der Waals surface area contributed by atoms with Crippen molar-refractivity contribution in [3.8, 4) is 0 Å². The fraction of sp³-hybridized carbons (Fsp3) is 0.462. The molecule has 1 aliphatic rings. The van der Waals surface area contributed by atoms with Crippen LogP contribution in [-0.4, -0.2) is 64.6 Å². The molecule has 0 aromatic heterocycles. The molecule has 23 heavy (non-hydrogen) atoms. The number of nitro groups is 1. The van der Waals surface area contributed by atoms with Crippen molar-refractivity contribution in [3.63, 3.8) is 0 Å². The third kappa shape index (κ3) is 4.47. The van der Waals surface area contributed by atoms with Crippen LogP contribution < -0.4 is 0 Å². The summed E-state index contributed by atoms with van der Waals surface area (Å²) in [5.74, 6) is -1.86. The number of non-ortho nitro benzene ring substituents is 1. The second-order valence-corrected chi connectivity index (χ2v) is 7.59. The summed E-state index contributed by atoms with van der Waals surface area (Å²) in [6.45, 7) is -0.365. The molecule has 9 nitrogen and oxygen atoms in total. The number of carboxylic acids is 1. The highest BCUT2D eigenvalue weighted by atomic mass is 32.2. The molecule has 0 aliphatic carbocycles. The van der Waals surface area contributed by atoms with E-state index in [2.05, 4.69) is 0 Å². The smallest absolute Gasteiger partial charge is 0.317 e. The van der Waals surface area contributed by atoms with E-state index in [0.29, 0.717) is 5.56 Å². The molecule has 0 unspecified atom stereocenters. The Balaban J connectivity index is 2.19. The van der Waals surface area contributed by atoms with E-state index in [-0.39, 0.29) is 18.0 Å². The van der Waals surface area contributed by atoms with Gasteiger partial charge in [0.1, 0.15) is 0 Å². The lowest BCUT2D eigenvalue weighted by atomic mass is 10.1. The molecule has 1 aromatic carbocycles. The zero-order valence-electron chi connectivity index (χ0n) is 12.0. The number of benzene rings is 1. The average Bonchev–Trinajstić information content (AvgIpc) is 2.71. The fourth-order valence-electron chi connectivity index (χ4n) is 2.58. The van der Waals surface area contributed by atoms with E-state index in [4.69, 9.17) is 5.11 Å². The van der Waals surface area contributed by atoms with Crippen LogP contribution in [0.25, 0.3) is 0 Å². The minimum absolute atomic E-state index is 0.0710. The monoisotopic (exact) mass is 344 g/mol. The van der Waals surface area contributed by atoms with Gasteiger partial charge in [0.2, 0.25) is 0 Å². The number of hydrogen-bond acceptors (Lipinski definition) is 7. The number of rotatable bonds is 6. The lowest BCUT2D eigenvalue weighted by molar-refractivity contribution is -0.384. The fourth-order valence-corrected chi connectivity index (χ4v) is 4.41. The molecule has 1 fully saturated rings. The van der Waals surface area contributed by atoms with Crippen LogP contribution in [0.3, 0.4) is 0 Å². The van der Waals surface area contributed by atoms with Crippen LogP contribution in [0.4, 0.5) is 5.69 Å². The van der Waals surface area contributed by atoms with Crippen molar-refractivity contribution in [2.75, 3.05) is 18.1 Å². The van der Waals surface area contributed by atoms with Gasteiger partial charge in [0, 0.05) is 18.7 Å². The summed E-state index contributed by atoms with van der Waals surface area (Å²) in [5.41, 5.74) is 0.496. The maximum Gasteiger partial charge on any atom is 0.317 e. The molecule has 0 spiro atoms. The molecule has 0 bridgehead atoms. The van der Waals surface area contributed by atoms with Crippen LogP contribution in [0, 0.1) is 10.1 Å². The number of aliphatic hydroxyl groups excluding tert-OH is 1. The molecule has 1 saturated heterocycles. The van der Waals surface area contributed by atoms with Gasteiger partial charge < -0.3 is 10.2 Å². The van der Waals surface area contributed by atoms with Crippen LogP contribution in [0.1, 0.15) is 5.56 Å². The normalized spacial score (nSPS) is 23.0. The summed E-state index contributed by atoms with van der Waals surface area (Å²) in [7, 11) is -3.41. The zero-order valence-corrected chi connectivity index (χ0v) is 12.8.